The monoisotopic (exact) mass is 229 g/mol. The average molecular weight is 229 g/mol. The second kappa shape index (κ2) is 8.97. The number of hydrogen-bond acceptors (Lipinski definition) is 3. The molecule has 1 saturated heterocycles. The third-order valence-corrected chi connectivity index (χ3v) is 3.32. The summed E-state index contributed by atoms with van der Waals surface area (Å²) in [4.78, 5) is 2.59. The summed E-state index contributed by atoms with van der Waals surface area (Å²) < 4.78 is 10.8. The lowest BCUT2D eigenvalue weighted by Gasteiger charge is -2.35. The predicted molar refractivity (Wildman–Crippen MR) is 66.8 cm³/mol. The molecule has 1 atom stereocenters. The zero-order chi connectivity index (χ0) is 11.6. The molecule has 1 aliphatic rings. The summed E-state index contributed by atoms with van der Waals surface area (Å²) >= 11 is 0. The average Bonchev–Trinajstić information content (AvgIpc) is 2.34. The van der Waals surface area contributed by atoms with Crippen molar-refractivity contribution >= 4 is 0 Å². The Kier molecular flexibility index (Phi) is 7.81. The first kappa shape index (κ1) is 13.9. The largest absolute Gasteiger partial charge is 0.379 e. The van der Waals surface area contributed by atoms with Crippen LogP contribution in [0.4, 0.5) is 0 Å². The molecule has 0 aliphatic carbocycles. The van der Waals surface area contributed by atoms with Crippen LogP contribution in [0.1, 0.15) is 39.5 Å². The van der Waals surface area contributed by atoms with Crippen LogP contribution in [0.15, 0.2) is 0 Å². The Hall–Kier alpha value is -0.120. The van der Waals surface area contributed by atoms with Gasteiger partial charge in [-0.25, -0.2) is 0 Å². The lowest BCUT2D eigenvalue weighted by molar-refractivity contribution is 0.0315. The van der Waals surface area contributed by atoms with Crippen molar-refractivity contribution in [2.24, 2.45) is 0 Å². The topological polar surface area (TPSA) is 21.7 Å². The molecule has 16 heavy (non-hydrogen) atoms. The molecule has 0 saturated carbocycles. The van der Waals surface area contributed by atoms with Gasteiger partial charge in [-0.2, -0.15) is 0 Å². The summed E-state index contributed by atoms with van der Waals surface area (Å²) in [6.45, 7) is 9.75. The van der Waals surface area contributed by atoms with Gasteiger partial charge in [0.15, 0.2) is 0 Å². The van der Waals surface area contributed by atoms with E-state index in [9.17, 15) is 0 Å². The minimum Gasteiger partial charge on any atom is -0.379 e. The van der Waals surface area contributed by atoms with Crippen LogP contribution in [0.25, 0.3) is 0 Å². The van der Waals surface area contributed by atoms with Crippen LogP contribution in [-0.4, -0.2) is 50.5 Å². The van der Waals surface area contributed by atoms with E-state index in [2.05, 4.69) is 11.8 Å². The zero-order valence-electron chi connectivity index (χ0n) is 10.9. The third kappa shape index (κ3) is 5.28. The van der Waals surface area contributed by atoms with Crippen molar-refractivity contribution in [1.29, 1.82) is 0 Å². The van der Waals surface area contributed by atoms with E-state index >= 15 is 0 Å². The summed E-state index contributed by atoms with van der Waals surface area (Å²) in [5.74, 6) is 0. The summed E-state index contributed by atoms with van der Waals surface area (Å²) in [6, 6.07) is 0.796. The van der Waals surface area contributed by atoms with Gasteiger partial charge in [-0.05, 0) is 32.7 Å². The first-order valence-corrected chi connectivity index (χ1v) is 6.78. The van der Waals surface area contributed by atoms with E-state index in [0.29, 0.717) is 0 Å². The number of hydrogen-bond donors (Lipinski definition) is 0. The van der Waals surface area contributed by atoms with E-state index in [0.717, 1.165) is 39.0 Å². The second-order valence-corrected chi connectivity index (χ2v) is 4.40. The van der Waals surface area contributed by atoms with E-state index in [1.807, 2.05) is 6.92 Å². The maximum absolute atomic E-state index is 5.56. The summed E-state index contributed by atoms with van der Waals surface area (Å²) in [5, 5.41) is 0. The van der Waals surface area contributed by atoms with Crippen molar-refractivity contribution in [3.8, 4) is 0 Å². The number of likely N-dealkylation sites (tertiary alicyclic amines) is 1. The van der Waals surface area contributed by atoms with E-state index in [-0.39, 0.29) is 0 Å². The molecular formula is C13H27NO2. The van der Waals surface area contributed by atoms with Gasteiger partial charge in [-0.3, -0.25) is 4.90 Å². The van der Waals surface area contributed by atoms with Crippen molar-refractivity contribution in [1.82, 2.24) is 4.90 Å². The van der Waals surface area contributed by atoms with Crippen LogP contribution < -0.4 is 0 Å². The molecule has 1 unspecified atom stereocenters. The number of piperidine rings is 1. The second-order valence-electron chi connectivity index (χ2n) is 4.40. The first-order valence-electron chi connectivity index (χ1n) is 6.78. The highest BCUT2D eigenvalue weighted by atomic mass is 16.5. The van der Waals surface area contributed by atoms with Crippen LogP contribution in [0.3, 0.4) is 0 Å². The van der Waals surface area contributed by atoms with Gasteiger partial charge >= 0.3 is 0 Å². The highest BCUT2D eigenvalue weighted by Gasteiger charge is 2.19. The lowest BCUT2D eigenvalue weighted by Crippen LogP contribution is -2.41. The lowest BCUT2D eigenvalue weighted by atomic mass is 10.0. The van der Waals surface area contributed by atoms with Gasteiger partial charge in [-0.15, -0.1) is 0 Å². The Morgan fingerprint density at radius 3 is 2.62 bits per heavy atom. The van der Waals surface area contributed by atoms with Crippen molar-refractivity contribution in [3.63, 3.8) is 0 Å². The molecule has 0 amide bonds. The minimum absolute atomic E-state index is 0.730. The highest BCUT2D eigenvalue weighted by Crippen LogP contribution is 2.18. The van der Waals surface area contributed by atoms with E-state index in [4.69, 9.17) is 9.47 Å². The number of ether oxygens (including phenoxy) is 2. The molecule has 0 aromatic carbocycles. The standard InChI is InChI=1S/C13H27NO2/c1-3-13-7-5-6-8-14(13)9-10-16-12-11-15-4-2/h13H,3-12H2,1-2H3. The Morgan fingerprint density at radius 1 is 1.06 bits per heavy atom. The Labute approximate surface area is 100 Å². The van der Waals surface area contributed by atoms with Gasteiger partial charge < -0.3 is 9.47 Å². The molecule has 0 N–H and O–H groups in total. The first-order chi connectivity index (χ1) is 7.88. The Balaban J connectivity index is 2.02. The smallest absolute Gasteiger partial charge is 0.0701 e. The zero-order valence-corrected chi connectivity index (χ0v) is 10.9. The molecule has 0 aromatic heterocycles. The summed E-state index contributed by atoms with van der Waals surface area (Å²) in [6.07, 6.45) is 5.41. The predicted octanol–water partition coefficient (Wildman–Crippen LogP) is 2.30. The fourth-order valence-electron chi connectivity index (χ4n) is 2.36. The van der Waals surface area contributed by atoms with Gasteiger partial charge in [0, 0.05) is 19.2 Å². The minimum atomic E-state index is 0.730. The van der Waals surface area contributed by atoms with Crippen LogP contribution in [0.2, 0.25) is 0 Å². The molecule has 1 rings (SSSR count). The fraction of sp³-hybridized carbons (Fsp3) is 1.00. The summed E-state index contributed by atoms with van der Waals surface area (Å²) in [5.41, 5.74) is 0. The Morgan fingerprint density at radius 2 is 1.88 bits per heavy atom. The van der Waals surface area contributed by atoms with Crippen molar-refractivity contribution in [2.45, 2.75) is 45.6 Å². The van der Waals surface area contributed by atoms with Gasteiger partial charge in [0.25, 0.3) is 0 Å². The maximum atomic E-state index is 5.56. The molecule has 0 radical (unpaired) electrons. The van der Waals surface area contributed by atoms with Crippen LogP contribution in [-0.2, 0) is 9.47 Å². The molecule has 96 valence electrons. The van der Waals surface area contributed by atoms with E-state index < -0.39 is 0 Å². The molecule has 3 nitrogen and oxygen atoms in total. The van der Waals surface area contributed by atoms with Crippen LogP contribution in [0, 0.1) is 0 Å². The van der Waals surface area contributed by atoms with Crippen molar-refractivity contribution < 1.29 is 9.47 Å². The molecular weight excluding hydrogens is 202 g/mol. The van der Waals surface area contributed by atoms with Crippen LogP contribution in [0.5, 0.6) is 0 Å². The number of rotatable bonds is 8. The third-order valence-electron chi connectivity index (χ3n) is 3.32. The Bertz CT molecular complexity index is 164. The van der Waals surface area contributed by atoms with Gasteiger partial charge in [-0.1, -0.05) is 13.3 Å². The number of nitrogens with zero attached hydrogens (tertiary/aromatic N) is 1. The maximum Gasteiger partial charge on any atom is 0.0701 e. The van der Waals surface area contributed by atoms with E-state index in [1.165, 1.54) is 32.2 Å². The summed E-state index contributed by atoms with van der Waals surface area (Å²) in [7, 11) is 0. The molecule has 0 aromatic rings. The quantitative estimate of drug-likeness (QED) is 0.596. The van der Waals surface area contributed by atoms with Crippen molar-refractivity contribution in [3.05, 3.63) is 0 Å². The molecule has 1 heterocycles. The van der Waals surface area contributed by atoms with Crippen LogP contribution >= 0.6 is 0 Å². The molecule has 1 fully saturated rings. The molecule has 0 spiro atoms. The van der Waals surface area contributed by atoms with Gasteiger partial charge in [0.05, 0.1) is 19.8 Å². The normalized spacial score (nSPS) is 22.5. The molecule has 1 aliphatic heterocycles. The van der Waals surface area contributed by atoms with Crippen molar-refractivity contribution in [2.75, 3.05) is 39.5 Å². The molecule has 0 bridgehead atoms. The molecule has 3 heteroatoms. The van der Waals surface area contributed by atoms with E-state index in [1.54, 1.807) is 0 Å². The SMILES string of the molecule is CCOCCOCCN1CCCCC1CC. The van der Waals surface area contributed by atoms with Gasteiger partial charge in [0.2, 0.25) is 0 Å². The highest BCUT2D eigenvalue weighted by molar-refractivity contribution is 4.75. The van der Waals surface area contributed by atoms with Gasteiger partial charge in [0.1, 0.15) is 0 Å². The fourth-order valence-corrected chi connectivity index (χ4v) is 2.36.